The predicted octanol–water partition coefficient (Wildman–Crippen LogP) is -0.423. The molecule has 3 N–H and O–H groups in total. The Morgan fingerprint density at radius 1 is 1.30 bits per heavy atom. The summed E-state index contributed by atoms with van der Waals surface area (Å²) in [5.74, 6) is -0.874. The van der Waals surface area contributed by atoms with E-state index in [0.29, 0.717) is 43.8 Å². The van der Waals surface area contributed by atoms with E-state index >= 15 is 0 Å². The van der Waals surface area contributed by atoms with Gasteiger partial charge in [-0.05, 0) is 25.5 Å². The molecule has 0 spiro atoms. The molecule has 2 aliphatic heterocycles. The minimum Gasteiger partial charge on any atom is -0.344 e. The fourth-order valence-electron chi connectivity index (χ4n) is 3.20. The monoisotopic (exact) mass is 372 g/mol. The minimum absolute atomic E-state index is 0.171. The van der Waals surface area contributed by atoms with Gasteiger partial charge in [0.15, 0.2) is 12.6 Å². The second kappa shape index (κ2) is 8.07. The van der Waals surface area contributed by atoms with Crippen LogP contribution in [0.4, 0.5) is 5.82 Å². The number of nitrogens with zero attached hydrogens (tertiary/aromatic N) is 2. The molecule has 0 aromatic carbocycles. The van der Waals surface area contributed by atoms with Gasteiger partial charge < -0.3 is 16.0 Å². The fraction of sp³-hybridized carbons (Fsp3) is 0.444. The van der Waals surface area contributed by atoms with Crippen LogP contribution < -0.4 is 16.0 Å². The van der Waals surface area contributed by atoms with E-state index in [-0.39, 0.29) is 23.6 Å². The van der Waals surface area contributed by atoms with Crippen molar-refractivity contribution in [2.24, 2.45) is 0 Å². The Balaban J connectivity index is 1.66. The van der Waals surface area contributed by atoms with E-state index in [1.54, 1.807) is 31.3 Å². The van der Waals surface area contributed by atoms with Crippen molar-refractivity contribution < 1.29 is 23.8 Å². The highest BCUT2D eigenvalue weighted by Crippen LogP contribution is 2.10. The topological polar surface area (TPSA) is 120 Å². The lowest BCUT2D eigenvalue weighted by Crippen LogP contribution is -2.50. The molecule has 0 unspecified atom stereocenters. The summed E-state index contributed by atoms with van der Waals surface area (Å²) in [6, 6.07) is 3.75. The van der Waals surface area contributed by atoms with Crippen LogP contribution in [-0.4, -0.2) is 57.5 Å². The molecule has 1 saturated heterocycles. The van der Waals surface area contributed by atoms with Crippen LogP contribution in [0.1, 0.15) is 32.6 Å². The number of carbonyl (C=O) groups is 4. The second-order valence-electron chi connectivity index (χ2n) is 6.60. The Hall–Kier alpha value is -3.10. The average molecular weight is 372 g/mol. The Morgan fingerprint density at radius 3 is 2.78 bits per heavy atom. The maximum atomic E-state index is 12.7. The van der Waals surface area contributed by atoms with Gasteiger partial charge in [0.1, 0.15) is 11.9 Å². The maximum absolute atomic E-state index is 12.7. The summed E-state index contributed by atoms with van der Waals surface area (Å²) in [6.45, 7) is 1.99. The van der Waals surface area contributed by atoms with Crippen LogP contribution in [0.25, 0.3) is 0 Å². The van der Waals surface area contributed by atoms with Gasteiger partial charge in [0.05, 0.1) is 0 Å². The summed E-state index contributed by atoms with van der Waals surface area (Å²) in [6.07, 6.45) is 3.44. The lowest BCUT2D eigenvalue weighted by atomic mass is 10.2. The van der Waals surface area contributed by atoms with E-state index in [9.17, 15) is 19.2 Å². The zero-order valence-corrected chi connectivity index (χ0v) is 15.0. The van der Waals surface area contributed by atoms with Crippen LogP contribution in [0.3, 0.4) is 0 Å². The lowest BCUT2D eigenvalue weighted by molar-refractivity contribution is -0.441. The third kappa shape index (κ3) is 4.36. The molecule has 0 aliphatic carbocycles. The van der Waals surface area contributed by atoms with Gasteiger partial charge in [-0.15, -0.1) is 0 Å². The van der Waals surface area contributed by atoms with Gasteiger partial charge in [-0.1, -0.05) is 6.07 Å². The van der Waals surface area contributed by atoms with Crippen molar-refractivity contribution in [1.82, 2.24) is 15.6 Å². The molecule has 1 aromatic rings. The zero-order chi connectivity index (χ0) is 19.4. The van der Waals surface area contributed by atoms with Gasteiger partial charge in [0.25, 0.3) is 0 Å². The Kier molecular flexibility index (Phi) is 5.58. The molecule has 1 aromatic heterocycles. The molecule has 2 aliphatic rings. The molecule has 0 saturated carbocycles. The third-order valence-electron chi connectivity index (χ3n) is 4.60. The first-order valence-corrected chi connectivity index (χ1v) is 8.95. The number of pyridine rings is 1. The molecule has 9 heteroatoms. The first-order chi connectivity index (χ1) is 13.0. The van der Waals surface area contributed by atoms with E-state index in [1.807, 2.05) is 0 Å². The molecule has 2 atom stereocenters. The van der Waals surface area contributed by atoms with Crippen molar-refractivity contribution in [3.05, 3.63) is 24.4 Å². The van der Waals surface area contributed by atoms with Gasteiger partial charge >= 0.3 is 11.8 Å². The molecule has 27 heavy (non-hydrogen) atoms. The summed E-state index contributed by atoms with van der Waals surface area (Å²) >= 11 is 0. The Labute approximate surface area is 156 Å². The highest BCUT2D eigenvalue weighted by atomic mass is 16.2. The number of hydrogen-bond donors (Lipinski definition) is 3. The Bertz CT molecular complexity index is 805. The highest BCUT2D eigenvalue weighted by molar-refractivity contribution is 6.41. The molecule has 4 amide bonds. The van der Waals surface area contributed by atoms with Crippen molar-refractivity contribution in [2.75, 3.05) is 11.9 Å². The summed E-state index contributed by atoms with van der Waals surface area (Å²) in [5, 5.41) is 7.88. The zero-order valence-electron chi connectivity index (χ0n) is 15.0. The van der Waals surface area contributed by atoms with Crippen LogP contribution >= 0.6 is 0 Å². The fourth-order valence-corrected chi connectivity index (χ4v) is 3.20. The normalized spacial score (nSPS) is 20.2. The van der Waals surface area contributed by atoms with Gasteiger partial charge in [-0.2, -0.15) is 4.58 Å². The molecule has 3 heterocycles. The van der Waals surface area contributed by atoms with Crippen LogP contribution in [0.5, 0.6) is 0 Å². The SMILES string of the molecule is C[C@H](NC(=O)[C@@H]1CCC(=O)N1)C(=O)[N+]1=C(C(=O)Nc2ccccn2)CCC1. The quantitative estimate of drug-likeness (QED) is 0.606. The van der Waals surface area contributed by atoms with Crippen LogP contribution in [0.2, 0.25) is 0 Å². The number of nitrogens with one attached hydrogen (secondary N) is 3. The molecule has 3 rings (SSSR count). The van der Waals surface area contributed by atoms with Crippen molar-refractivity contribution in [3.63, 3.8) is 0 Å². The van der Waals surface area contributed by atoms with E-state index in [2.05, 4.69) is 20.9 Å². The number of aromatic nitrogens is 1. The van der Waals surface area contributed by atoms with Gasteiger partial charge in [-0.25, -0.2) is 9.78 Å². The first-order valence-electron chi connectivity index (χ1n) is 8.95. The molecular weight excluding hydrogens is 350 g/mol. The smallest absolute Gasteiger partial charge is 0.344 e. The van der Waals surface area contributed by atoms with Gasteiger partial charge in [0.2, 0.25) is 17.5 Å². The van der Waals surface area contributed by atoms with Crippen molar-refractivity contribution in [3.8, 4) is 0 Å². The van der Waals surface area contributed by atoms with Crippen molar-refractivity contribution in [1.29, 1.82) is 0 Å². The Morgan fingerprint density at radius 2 is 2.11 bits per heavy atom. The summed E-state index contributed by atoms with van der Waals surface area (Å²) in [7, 11) is 0. The van der Waals surface area contributed by atoms with Crippen LogP contribution in [0.15, 0.2) is 24.4 Å². The van der Waals surface area contributed by atoms with Gasteiger partial charge in [-0.3, -0.25) is 14.4 Å². The number of amides is 4. The summed E-state index contributed by atoms with van der Waals surface area (Å²) in [4.78, 5) is 52.7. The standard InChI is InChI=1S/C18H21N5O4/c1-11(20-16(25)12-7-8-15(24)21-12)18(27)23-10-4-5-13(23)17(26)22-14-6-2-3-9-19-14/h2-3,6,9,11-12H,4-5,7-8,10H2,1H3,(H2-,19,20,21,22,24,25,26)/p+1/t11-,12-/m0/s1. The van der Waals surface area contributed by atoms with Crippen LogP contribution in [0, 0.1) is 0 Å². The largest absolute Gasteiger partial charge is 0.409 e. The summed E-state index contributed by atoms with van der Waals surface area (Å²) < 4.78 is 1.41. The van der Waals surface area contributed by atoms with Gasteiger partial charge in [0, 0.05) is 25.5 Å². The maximum Gasteiger partial charge on any atom is 0.409 e. The number of hydrogen-bond acceptors (Lipinski definition) is 5. The average Bonchev–Trinajstić information content (AvgIpc) is 3.31. The molecule has 0 bridgehead atoms. The van der Waals surface area contributed by atoms with E-state index in [0.717, 1.165) is 0 Å². The number of anilines is 1. The summed E-state index contributed by atoms with van der Waals surface area (Å²) in [5.41, 5.74) is 0.362. The molecule has 1 fully saturated rings. The van der Waals surface area contributed by atoms with Crippen molar-refractivity contribution >= 4 is 35.2 Å². The second-order valence-corrected chi connectivity index (χ2v) is 6.60. The predicted molar refractivity (Wildman–Crippen MR) is 96.0 cm³/mol. The van der Waals surface area contributed by atoms with Crippen LogP contribution in [-0.2, 0) is 19.2 Å². The first kappa shape index (κ1) is 18.7. The van der Waals surface area contributed by atoms with E-state index in [1.165, 1.54) is 4.58 Å². The third-order valence-corrected chi connectivity index (χ3v) is 4.60. The highest BCUT2D eigenvalue weighted by Gasteiger charge is 2.38. The van der Waals surface area contributed by atoms with E-state index < -0.39 is 12.1 Å². The molecular formula is C18H22N5O4+. The van der Waals surface area contributed by atoms with E-state index in [4.69, 9.17) is 0 Å². The molecule has 9 nitrogen and oxygen atoms in total. The van der Waals surface area contributed by atoms with Crippen molar-refractivity contribution in [2.45, 2.75) is 44.7 Å². The molecule has 142 valence electrons. The number of carbonyl (C=O) groups excluding carboxylic acids is 4. The number of rotatable bonds is 5. The lowest BCUT2D eigenvalue weighted by Gasteiger charge is -2.14. The minimum atomic E-state index is -0.800. The molecule has 0 radical (unpaired) electrons.